The van der Waals surface area contributed by atoms with Crippen molar-refractivity contribution < 1.29 is 9.18 Å². The highest BCUT2D eigenvalue weighted by Crippen LogP contribution is 2.28. The number of amides is 1. The summed E-state index contributed by atoms with van der Waals surface area (Å²) in [5, 5.41) is 0. The second-order valence-corrected chi connectivity index (χ2v) is 6.88. The Kier molecular flexibility index (Phi) is 5.37. The second kappa shape index (κ2) is 7.68. The summed E-state index contributed by atoms with van der Waals surface area (Å²) < 4.78 is 13.0. The first kappa shape index (κ1) is 17.5. The van der Waals surface area contributed by atoms with Crippen LogP contribution in [0.5, 0.6) is 0 Å². The Labute approximate surface area is 149 Å². The van der Waals surface area contributed by atoms with E-state index in [9.17, 15) is 9.18 Å². The maximum Gasteiger partial charge on any atom is 0.227 e. The zero-order valence-corrected chi connectivity index (χ0v) is 14.9. The Bertz CT molecular complexity index is 719. The van der Waals surface area contributed by atoms with E-state index >= 15 is 0 Å². The standard InChI is InChI=1S/C21H25FN2O/c1-16(2)19-5-3-4-6-20(19)23-11-13-24(14-12-23)21(25)15-17-7-9-18(22)10-8-17/h3-10,16H,11-15H2,1-2H3. The van der Waals surface area contributed by atoms with Crippen LogP contribution in [0.2, 0.25) is 0 Å². The van der Waals surface area contributed by atoms with Crippen LogP contribution in [0, 0.1) is 5.82 Å². The Morgan fingerprint density at radius 3 is 2.28 bits per heavy atom. The molecule has 1 fully saturated rings. The molecule has 0 N–H and O–H groups in total. The Morgan fingerprint density at radius 2 is 1.64 bits per heavy atom. The fourth-order valence-corrected chi connectivity index (χ4v) is 3.35. The van der Waals surface area contributed by atoms with Gasteiger partial charge >= 0.3 is 0 Å². The van der Waals surface area contributed by atoms with Crippen molar-refractivity contribution in [2.75, 3.05) is 31.1 Å². The molecule has 2 aromatic rings. The number of carbonyl (C=O) groups is 1. The molecule has 132 valence electrons. The Morgan fingerprint density at radius 1 is 1.00 bits per heavy atom. The van der Waals surface area contributed by atoms with Crippen molar-refractivity contribution >= 4 is 11.6 Å². The first-order valence-corrected chi connectivity index (χ1v) is 8.90. The molecule has 1 heterocycles. The maximum atomic E-state index is 13.0. The summed E-state index contributed by atoms with van der Waals surface area (Å²) in [6, 6.07) is 14.7. The quantitative estimate of drug-likeness (QED) is 0.844. The minimum Gasteiger partial charge on any atom is -0.368 e. The van der Waals surface area contributed by atoms with Crippen molar-refractivity contribution in [3.63, 3.8) is 0 Å². The second-order valence-electron chi connectivity index (χ2n) is 6.88. The Hall–Kier alpha value is -2.36. The van der Waals surface area contributed by atoms with Gasteiger partial charge in [-0.1, -0.05) is 44.2 Å². The minimum atomic E-state index is -0.270. The van der Waals surface area contributed by atoms with Crippen LogP contribution in [0.25, 0.3) is 0 Å². The fraction of sp³-hybridized carbons (Fsp3) is 0.381. The molecule has 4 heteroatoms. The molecule has 0 saturated carbocycles. The van der Waals surface area contributed by atoms with Gasteiger partial charge in [-0.25, -0.2) is 4.39 Å². The molecule has 0 aromatic heterocycles. The number of hydrogen-bond acceptors (Lipinski definition) is 2. The zero-order chi connectivity index (χ0) is 17.8. The average Bonchev–Trinajstić information content (AvgIpc) is 2.63. The van der Waals surface area contributed by atoms with Gasteiger partial charge < -0.3 is 9.80 Å². The number of piperazine rings is 1. The molecule has 1 saturated heterocycles. The van der Waals surface area contributed by atoms with E-state index in [1.165, 1.54) is 23.4 Å². The number of rotatable bonds is 4. The van der Waals surface area contributed by atoms with Crippen molar-refractivity contribution in [1.82, 2.24) is 4.90 Å². The van der Waals surface area contributed by atoms with Gasteiger partial charge in [0.05, 0.1) is 6.42 Å². The summed E-state index contributed by atoms with van der Waals surface area (Å²) in [4.78, 5) is 16.8. The average molecular weight is 340 g/mol. The molecule has 2 aromatic carbocycles. The normalized spacial score (nSPS) is 14.9. The summed E-state index contributed by atoms with van der Waals surface area (Å²) in [6.07, 6.45) is 0.336. The lowest BCUT2D eigenvalue weighted by atomic mass is 10.00. The molecule has 0 bridgehead atoms. The van der Waals surface area contributed by atoms with Crippen molar-refractivity contribution in [3.05, 3.63) is 65.5 Å². The first-order chi connectivity index (χ1) is 12.0. The van der Waals surface area contributed by atoms with Gasteiger partial charge in [-0.3, -0.25) is 4.79 Å². The molecular weight excluding hydrogens is 315 g/mol. The van der Waals surface area contributed by atoms with Gasteiger partial charge in [-0.05, 0) is 35.2 Å². The van der Waals surface area contributed by atoms with Crippen molar-refractivity contribution in [3.8, 4) is 0 Å². The molecule has 3 rings (SSSR count). The molecule has 3 nitrogen and oxygen atoms in total. The van der Waals surface area contributed by atoms with Crippen LogP contribution in [0.1, 0.15) is 30.9 Å². The van der Waals surface area contributed by atoms with Crippen LogP contribution in [-0.2, 0) is 11.2 Å². The molecule has 0 unspecified atom stereocenters. The number of hydrogen-bond donors (Lipinski definition) is 0. The molecule has 0 spiro atoms. The Balaban J connectivity index is 1.60. The van der Waals surface area contributed by atoms with Crippen LogP contribution in [0.15, 0.2) is 48.5 Å². The third-order valence-electron chi connectivity index (χ3n) is 4.80. The summed E-state index contributed by atoms with van der Waals surface area (Å²) in [7, 11) is 0. The van der Waals surface area contributed by atoms with Crippen LogP contribution in [-0.4, -0.2) is 37.0 Å². The van der Waals surface area contributed by atoms with E-state index in [0.29, 0.717) is 12.3 Å². The van der Waals surface area contributed by atoms with Gasteiger partial charge in [0, 0.05) is 31.9 Å². The van der Waals surface area contributed by atoms with Gasteiger partial charge in [0.25, 0.3) is 0 Å². The van der Waals surface area contributed by atoms with E-state index in [-0.39, 0.29) is 11.7 Å². The molecule has 25 heavy (non-hydrogen) atoms. The van der Waals surface area contributed by atoms with Crippen molar-refractivity contribution in [2.24, 2.45) is 0 Å². The smallest absolute Gasteiger partial charge is 0.227 e. The van der Waals surface area contributed by atoms with Gasteiger partial charge in [0.15, 0.2) is 0 Å². The van der Waals surface area contributed by atoms with Crippen LogP contribution in [0.4, 0.5) is 10.1 Å². The van der Waals surface area contributed by atoms with E-state index in [2.05, 4.69) is 43.0 Å². The van der Waals surface area contributed by atoms with E-state index < -0.39 is 0 Å². The van der Waals surface area contributed by atoms with Crippen LogP contribution < -0.4 is 4.90 Å². The van der Waals surface area contributed by atoms with Crippen molar-refractivity contribution in [2.45, 2.75) is 26.2 Å². The van der Waals surface area contributed by atoms with Crippen LogP contribution >= 0.6 is 0 Å². The summed E-state index contributed by atoms with van der Waals surface area (Å²) in [5.74, 6) is 0.325. The number of benzene rings is 2. The highest BCUT2D eigenvalue weighted by Gasteiger charge is 2.23. The zero-order valence-electron chi connectivity index (χ0n) is 14.9. The lowest BCUT2D eigenvalue weighted by molar-refractivity contribution is -0.130. The summed E-state index contributed by atoms with van der Waals surface area (Å²) in [5.41, 5.74) is 3.50. The highest BCUT2D eigenvalue weighted by atomic mass is 19.1. The fourth-order valence-electron chi connectivity index (χ4n) is 3.35. The number of anilines is 1. The number of halogens is 1. The third-order valence-corrected chi connectivity index (χ3v) is 4.80. The predicted octanol–water partition coefficient (Wildman–Crippen LogP) is 3.84. The van der Waals surface area contributed by atoms with Crippen molar-refractivity contribution in [1.29, 1.82) is 0 Å². The number of para-hydroxylation sites is 1. The molecule has 0 aliphatic carbocycles. The molecule has 1 amide bonds. The lowest BCUT2D eigenvalue weighted by Crippen LogP contribution is -2.49. The minimum absolute atomic E-state index is 0.114. The van der Waals surface area contributed by atoms with Crippen LogP contribution in [0.3, 0.4) is 0 Å². The molecule has 0 radical (unpaired) electrons. The van der Waals surface area contributed by atoms with Gasteiger partial charge in [0.2, 0.25) is 5.91 Å². The van der Waals surface area contributed by atoms with Gasteiger partial charge in [0.1, 0.15) is 5.82 Å². The van der Waals surface area contributed by atoms with E-state index in [1.54, 1.807) is 12.1 Å². The molecule has 0 atom stereocenters. The third kappa shape index (κ3) is 4.19. The predicted molar refractivity (Wildman–Crippen MR) is 99.4 cm³/mol. The lowest BCUT2D eigenvalue weighted by Gasteiger charge is -2.37. The molecular formula is C21H25FN2O. The monoisotopic (exact) mass is 340 g/mol. The topological polar surface area (TPSA) is 23.6 Å². The summed E-state index contributed by atoms with van der Waals surface area (Å²) in [6.45, 7) is 7.57. The van der Waals surface area contributed by atoms with E-state index in [0.717, 1.165) is 31.7 Å². The highest BCUT2D eigenvalue weighted by molar-refractivity contribution is 5.79. The van der Waals surface area contributed by atoms with E-state index in [1.807, 2.05) is 4.90 Å². The largest absolute Gasteiger partial charge is 0.368 e. The number of carbonyl (C=O) groups excluding carboxylic acids is 1. The van der Waals surface area contributed by atoms with Gasteiger partial charge in [-0.2, -0.15) is 0 Å². The SMILES string of the molecule is CC(C)c1ccccc1N1CCN(C(=O)Cc2ccc(F)cc2)CC1. The first-order valence-electron chi connectivity index (χ1n) is 8.90. The molecule has 1 aliphatic rings. The summed E-state index contributed by atoms with van der Waals surface area (Å²) >= 11 is 0. The molecule has 1 aliphatic heterocycles. The van der Waals surface area contributed by atoms with Gasteiger partial charge in [-0.15, -0.1) is 0 Å². The maximum absolute atomic E-state index is 13.0. The van der Waals surface area contributed by atoms with E-state index in [4.69, 9.17) is 0 Å². The number of nitrogens with zero attached hydrogens (tertiary/aromatic N) is 2.